The van der Waals surface area contributed by atoms with Crippen molar-refractivity contribution in [2.75, 3.05) is 24.1 Å². The van der Waals surface area contributed by atoms with Gasteiger partial charge in [-0.2, -0.15) is 4.31 Å². The zero-order valence-corrected chi connectivity index (χ0v) is 16.3. The number of amides is 1. The maximum Gasteiger partial charge on any atom is 0.246 e. The molecule has 1 aliphatic rings. The molecule has 0 radical (unpaired) electrons. The van der Waals surface area contributed by atoms with E-state index < -0.39 is 32.5 Å². The van der Waals surface area contributed by atoms with Crippen molar-refractivity contribution < 1.29 is 22.0 Å². The van der Waals surface area contributed by atoms with Crippen molar-refractivity contribution in [3.8, 4) is 0 Å². The van der Waals surface area contributed by atoms with E-state index >= 15 is 0 Å². The highest BCUT2D eigenvalue weighted by Gasteiger charge is 2.33. The molecule has 28 heavy (non-hydrogen) atoms. The average Bonchev–Trinajstić information content (AvgIpc) is 2.65. The minimum Gasteiger partial charge on any atom is -0.384 e. The van der Waals surface area contributed by atoms with Crippen molar-refractivity contribution in [3.63, 3.8) is 0 Å². The van der Waals surface area contributed by atoms with E-state index in [9.17, 15) is 22.0 Å². The number of anilines is 2. The SMILES string of the molecule is Cl.Nc1ccc(NC(=O)C2CCN(S(=O)(=O)c3cc(F)ccc3F)CC2)cn1. The maximum absolute atomic E-state index is 13.8. The minimum absolute atomic E-state index is 0. The molecular formula is C17H19ClF2N4O3S. The number of halogens is 3. The Morgan fingerprint density at radius 2 is 1.86 bits per heavy atom. The van der Waals surface area contributed by atoms with Crippen LogP contribution in [0.5, 0.6) is 0 Å². The lowest BCUT2D eigenvalue weighted by Gasteiger charge is -2.30. The van der Waals surface area contributed by atoms with E-state index in [4.69, 9.17) is 5.73 Å². The van der Waals surface area contributed by atoms with Crippen molar-refractivity contribution in [3.05, 3.63) is 48.2 Å². The van der Waals surface area contributed by atoms with Gasteiger partial charge in [0.15, 0.2) is 0 Å². The Balaban J connectivity index is 0.00000280. The van der Waals surface area contributed by atoms with Crippen LogP contribution in [-0.4, -0.2) is 36.7 Å². The van der Waals surface area contributed by atoms with E-state index in [1.807, 2.05) is 0 Å². The molecular weight excluding hydrogens is 414 g/mol. The minimum atomic E-state index is -4.17. The van der Waals surface area contributed by atoms with E-state index in [0.717, 1.165) is 16.4 Å². The molecule has 1 saturated heterocycles. The Bertz CT molecular complexity index is 949. The predicted octanol–water partition coefficient (Wildman–Crippen LogP) is 2.40. The normalized spacial score (nSPS) is 15.6. The number of nitrogens with zero attached hydrogens (tertiary/aromatic N) is 2. The molecule has 152 valence electrons. The summed E-state index contributed by atoms with van der Waals surface area (Å²) in [5, 5.41) is 2.71. The Hall–Kier alpha value is -2.30. The summed E-state index contributed by atoms with van der Waals surface area (Å²) in [6, 6.07) is 5.47. The zero-order chi connectivity index (χ0) is 19.6. The molecule has 1 aromatic heterocycles. The highest BCUT2D eigenvalue weighted by Crippen LogP contribution is 2.26. The summed E-state index contributed by atoms with van der Waals surface area (Å²) < 4.78 is 53.4. The van der Waals surface area contributed by atoms with Crippen molar-refractivity contribution >= 4 is 39.8 Å². The number of benzene rings is 1. The van der Waals surface area contributed by atoms with Crippen LogP contribution in [0.1, 0.15) is 12.8 Å². The molecule has 0 aliphatic carbocycles. The van der Waals surface area contributed by atoms with Crippen molar-refractivity contribution in [1.29, 1.82) is 0 Å². The monoisotopic (exact) mass is 432 g/mol. The first-order valence-corrected chi connectivity index (χ1v) is 9.69. The fourth-order valence-corrected chi connectivity index (χ4v) is 4.44. The summed E-state index contributed by atoms with van der Waals surface area (Å²) in [6.07, 6.45) is 1.97. The van der Waals surface area contributed by atoms with Crippen molar-refractivity contribution in [1.82, 2.24) is 9.29 Å². The van der Waals surface area contributed by atoms with Crippen LogP contribution in [0.15, 0.2) is 41.4 Å². The molecule has 0 spiro atoms. The van der Waals surface area contributed by atoms with Crippen LogP contribution < -0.4 is 11.1 Å². The number of nitrogens with one attached hydrogen (secondary N) is 1. The van der Waals surface area contributed by atoms with Crippen molar-refractivity contribution in [2.45, 2.75) is 17.7 Å². The molecule has 1 amide bonds. The predicted molar refractivity (Wildman–Crippen MR) is 102 cm³/mol. The molecule has 1 aliphatic heterocycles. The van der Waals surface area contributed by atoms with E-state index in [-0.39, 0.29) is 44.2 Å². The van der Waals surface area contributed by atoms with Gasteiger partial charge in [-0.15, -0.1) is 12.4 Å². The van der Waals surface area contributed by atoms with Gasteiger partial charge in [-0.05, 0) is 43.2 Å². The van der Waals surface area contributed by atoms with E-state index in [2.05, 4.69) is 10.3 Å². The Labute approximate surface area is 167 Å². The number of carbonyl (C=O) groups is 1. The van der Waals surface area contributed by atoms with Gasteiger partial charge in [0.05, 0.1) is 11.9 Å². The maximum atomic E-state index is 13.8. The molecule has 0 unspecified atom stereocenters. The largest absolute Gasteiger partial charge is 0.384 e. The molecule has 3 N–H and O–H groups in total. The van der Waals surface area contributed by atoms with E-state index in [1.165, 1.54) is 6.20 Å². The molecule has 0 atom stereocenters. The second-order valence-electron chi connectivity index (χ2n) is 6.21. The first-order chi connectivity index (χ1) is 12.8. The number of nitrogen functional groups attached to an aromatic ring is 1. The van der Waals surface area contributed by atoms with Crippen LogP contribution in [0.2, 0.25) is 0 Å². The number of nitrogens with two attached hydrogens (primary N) is 1. The van der Waals surface area contributed by atoms with Gasteiger partial charge < -0.3 is 11.1 Å². The van der Waals surface area contributed by atoms with Gasteiger partial charge in [-0.1, -0.05) is 0 Å². The number of aromatic nitrogens is 1. The third kappa shape index (κ3) is 4.75. The second-order valence-corrected chi connectivity index (χ2v) is 8.12. The molecule has 1 fully saturated rings. The van der Waals surface area contributed by atoms with Crippen LogP contribution in [-0.2, 0) is 14.8 Å². The van der Waals surface area contributed by atoms with Gasteiger partial charge in [-0.25, -0.2) is 22.2 Å². The first kappa shape index (κ1) is 22.0. The topological polar surface area (TPSA) is 105 Å². The highest BCUT2D eigenvalue weighted by molar-refractivity contribution is 7.89. The lowest BCUT2D eigenvalue weighted by molar-refractivity contribution is -0.120. The molecule has 7 nitrogen and oxygen atoms in total. The molecule has 3 rings (SSSR count). The molecule has 2 aromatic rings. The fraction of sp³-hybridized carbons (Fsp3) is 0.294. The zero-order valence-electron chi connectivity index (χ0n) is 14.6. The van der Waals surface area contributed by atoms with Gasteiger partial charge in [0.2, 0.25) is 15.9 Å². The first-order valence-electron chi connectivity index (χ1n) is 8.25. The Kier molecular flexibility index (Phi) is 6.91. The van der Waals surface area contributed by atoms with Gasteiger partial charge in [0, 0.05) is 19.0 Å². The Morgan fingerprint density at radius 3 is 2.46 bits per heavy atom. The molecule has 2 heterocycles. The second kappa shape index (κ2) is 8.80. The average molecular weight is 433 g/mol. The van der Waals surface area contributed by atoms with Gasteiger partial charge in [-0.3, -0.25) is 4.79 Å². The number of sulfonamides is 1. The summed E-state index contributed by atoms with van der Waals surface area (Å²) >= 11 is 0. The van der Waals surface area contributed by atoms with Gasteiger partial charge in [0.25, 0.3) is 0 Å². The number of pyridine rings is 1. The summed E-state index contributed by atoms with van der Waals surface area (Å²) in [7, 11) is -4.17. The van der Waals surface area contributed by atoms with Crippen LogP contribution in [0.3, 0.4) is 0 Å². The molecule has 11 heteroatoms. The lowest BCUT2D eigenvalue weighted by atomic mass is 9.97. The summed E-state index contributed by atoms with van der Waals surface area (Å²) in [6.45, 7) is 0.0761. The summed E-state index contributed by atoms with van der Waals surface area (Å²) in [5.41, 5.74) is 5.98. The van der Waals surface area contributed by atoms with E-state index in [0.29, 0.717) is 17.6 Å². The third-order valence-electron chi connectivity index (χ3n) is 4.39. The third-order valence-corrected chi connectivity index (χ3v) is 6.30. The number of hydrogen-bond acceptors (Lipinski definition) is 5. The highest BCUT2D eigenvalue weighted by atomic mass is 35.5. The van der Waals surface area contributed by atoms with Crippen LogP contribution >= 0.6 is 12.4 Å². The number of carbonyl (C=O) groups excluding carboxylic acids is 1. The van der Waals surface area contributed by atoms with Crippen molar-refractivity contribution in [2.24, 2.45) is 5.92 Å². The molecule has 1 aromatic carbocycles. The van der Waals surface area contributed by atoms with Gasteiger partial charge in [0.1, 0.15) is 22.3 Å². The Morgan fingerprint density at radius 1 is 1.18 bits per heavy atom. The molecule has 0 saturated carbocycles. The number of rotatable bonds is 4. The smallest absolute Gasteiger partial charge is 0.246 e. The van der Waals surface area contributed by atoms with Crippen LogP contribution in [0, 0.1) is 17.6 Å². The van der Waals surface area contributed by atoms with Crippen LogP contribution in [0.25, 0.3) is 0 Å². The quantitative estimate of drug-likeness (QED) is 0.771. The van der Waals surface area contributed by atoms with Crippen LogP contribution in [0.4, 0.5) is 20.3 Å². The summed E-state index contributed by atoms with van der Waals surface area (Å²) in [4.78, 5) is 15.5. The summed E-state index contributed by atoms with van der Waals surface area (Å²) in [5.74, 6) is -2.16. The van der Waals surface area contributed by atoms with Gasteiger partial charge >= 0.3 is 0 Å². The molecule has 0 bridgehead atoms. The van der Waals surface area contributed by atoms with E-state index in [1.54, 1.807) is 12.1 Å². The number of hydrogen-bond donors (Lipinski definition) is 2. The number of piperidine rings is 1. The lowest BCUT2D eigenvalue weighted by Crippen LogP contribution is -2.41. The standard InChI is InChI=1S/C17H18F2N4O3S.ClH/c18-12-1-3-14(19)15(9-12)27(25,26)23-7-5-11(6-8-23)17(24)22-13-2-4-16(20)21-10-13;/h1-4,9-11H,5-8H2,(H2,20,21)(H,22,24);1H. The fourth-order valence-electron chi connectivity index (χ4n) is 2.90.